The van der Waals surface area contributed by atoms with Gasteiger partial charge in [0.25, 0.3) is 5.91 Å². The molecular weight excluding hydrogens is 495 g/mol. The number of fused-ring (bicyclic) bond motifs is 2. The Kier molecular flexibility index (Phi) is 7.17. The van der Waals surface area contributed by atoms with Gasteiger partial charge in [0.1, 0.15) is 11.4 Å². The Morgan fingerprint density at radius 2 is 1.95 bits per heavy atom. The Labute approximate surface area is 220 Å². The number of alkyl halides is 3. The lowest BCUT2D eigenvalue weighted by Crippen LogP contribution is -2.49. The average molecular weight is 528 g/mol. The summed E-state index contributed by atoms with van der Waals surface area (Å²) < 4.78 is 46.4. The number of ether oxygens (including phenoxy) is 1. The molecule has 1 amide bonds. The molecule has 2 fully saturated rings. The van der Waals surface area contributed by atoms with Crippen molar-refractivity contribution >= 4 is 5.91 Å². The molecule has 0 spiro atoms. The molecule has 2 saturated heterocycles. The summed E-state index contributed by atoms with van der Waals surface area (Å²) in [6.07, 6.45) is 1.95. The highest BCUT2D eigenvalue weighted by Gasteiger charge is 2.47. The van der Waals surface area contributed by atoms with Crippen LogP contribution >= 0.6 is 0 Å². The average Bonchev–Trinajstić information content (AvgIpc) is 3.66. The van der Waals surface area contributed by atoms with Crippen molar-refractivity contribution in [1.29, 1.82) is 0 Å². The van der Waals surface area contributed by atoms with Crippen LogP contribution in [0.1, 0.15) is 58.5 Å². The van der Waals surface area contributed by atoms with Crippen molar-refractivity contribution in [3.05, 3.63) is 76.9 Å². The van der Waals surface area contributed by atoms with Crippen molar-refractivity contribution in [3.8, 4) is 5.75 Å². The molecule has 4 heterocycles. The van der Waals surface area contributed by atoms with Gasteiger partial charge in [0.15, 0.2) is 0 Å². The minimum atomic E-state index is -4.52. The van der Waals surface area contributed by atoms with Crippen LogP contribution in [-0.4, -0.2) is 62.3 Å². The molecule has 2 aromatic heterocycles. The molecule has 10 heteroatoms. The van der Waals surface area contributed by atoms with Gasteiger partial charge < -0.3 is 9.64 Å². The van der Waals surface area contributed by atoms with Gasteiger partial charge >= 0.3 is 6.18 Å². The van der Waals surface area contributed by atoms with Crippen LogP contribution in [0.25, 0.3) is 0 Å². The van der Waals surface area contributed by atoms with Crippen LogP contribution in [0.2, 0.25) is 0 Å². The predicted octanol–water partition coefficient (Wildman–Crippen LogP) is 5.04. The zero-order valence-electron chi connectivity index (χ0n) is 21.8. The molecule has 0 N–H and O–H groups in total. The summed E-state index contributed by atoms with van der Waals surface area (Å²) in [5.74, 6) is 0.635. The number of likely N-dealkylation sites (tertiary alicyclic amines) is 2. The van der Waals surface area contributed by atoms with Crippen molar-refractivity contribution in [1.82, 2.24) is 24.6 Å². The molecule has 38 heavy (non-hydrogen) atoms. The first-order chi connectivity index (χ1) is 18.1. The zero-order valence-corrected chi connectivity index (χ0v) is 21.8. The van der Waals surface area contributed by atoms with E-state index < -0.39 is 11.9 Å². The van der Waals surface area contributed by atoms with E-state index in [1.54, 1.807) is 11.1 Å². The van der Waals surface area contributed by atoms with Gasteiger partial charge in [-0.1, -0.05) is 6.07 Å². The number of hydrogen-bond acceptors (Lipinski definition) is 5. The topological polar surface area (TPSA) is 63.5 Å². The molecule has 0 unspecified atom stereocenters. The third-order valence-electron chi connectivity index (χ3n) is 7.92. The van der Waals surface area contributed by atoms with Gasteiger partial charge in [-0.05, 0) is 68.1 Å². The number of amides is 1. The molecule has 2 aliphatic heterocycles. The van der Waals surface area contributed by atoms with Crippen molar-refractivity contribution < 1.29 is 22.7 Å². The molecule has 202 valence electrons. The standard InChI is InChI=1S/C28H32F3N5O2/c1-18-19(2)25(38-13-5-12-34-11-4-10-33-34)8-7-24(18)20(3)35-16-23-14-22(35)17-36(23)27(37)21-6-9-26(32-15-21)28(29,30)31/h4,6-11,15,20,22-23H,5,12-14,16-17H2,1-3H3/t20-,22+,23+/m0/s1. The minimum absolute atomic E-state index is 0.0380. The SMILES string of the molecule is Cc1c(OCCCn2cccn2)ccc([C@H](C)N2C[C@H]3C[C@@H]2CN3C(=O)c2ccc(C(F)(F)F)nc2)c1C. The van der Waals surface area contributed by atoms with E-state index in [1.165, 1.54) is 17.2 Å². The number of halogens is 3. The van der Waals surface area contributed by atoms with E-state index in [9.17, 15) is 18.0 Å². The smallest absolute Gasteiger partial charge is 0.433 e. The first kappa shape index (κ1) is 26.2. The number of rotatable bonds is 8. The van der Waals surface area contributed by atoms with E-state index in [1.807, 2.05) is 23.0 Å². The maximum absolute atomic E-state index is 13.0. The number of piperazine rings is 1. The van der Waals surface area contributed by atoms with Crippen molar-refractivity contribution in [2.24, 2.45) is 0 Å². The van der Waals surface area contributed by atoms with Gasteiger partial charge in [-0.3, -0.25) is 19.4 Å². The van der Waals surface area contributed by atoms with Crippen LogP contribution in [0, 0.1) is 13.8 Å². The molecule has 7 nitrogen and oxygen atoms in total. The van der Waals surface area contributed by atoms with E-state index in [0.29, 0.717) is 13.2 Å². The van der Waals surface area contributed by atoms with Crippen molar-refractivity contribution in [2.75, 3.05) is 19.7 Å². The van der Waals surface area contributed by atoms with Gasteiger partial charge in [-0.2, -0.15) is 18.3 Å². The fraction of sp³-hybridized carbons (Fsp3) is 0.464. The van der Waals surface area contributed by atoms with Gasteiger partial charge in [0.05, 0.1) is 12.2 Å². The lowest BCUT2D eigenvalue weighted by Gasteiger charge is -2.38. The van der Waals surface area contributed by atoms with Crippen LogP contribution in [0.5, 0.6) is 5.75 Å². The summed E-state index contributed by atoms with van der Waals surface area (Å²) in [4.78, 5) is 20.7. The second-order valence-electron chi connectivity index (χ2n) is 10.2. The fourth-order valence-electron chi connectivity index (χ4n) is 5.72. The second-order valence-corrected chi connectivity index (χ2v) is 10.2. The molecule has 3 aromatic rings. The van der Waals surface area contributed by atoms with Crippen LogP contribution in [-0.2, 0) is 12.7 Å². The highest BCUT2D eigenvalue weighted by molar-refractivity contribution is 5.94. The van der Waals surface area contributed by atoms with E-state index in [2.05, 4.69) is 41.8 Å². The number of pyridine rings is 1. The third-order valence-corrected chi connectivity index (χ3v) is 7.92. The lowest BCUT2D eigenvalue weighted by atomic mass is 9.96. The number of carbonyl (C=O) groups is 1. The largest absolute Gasteiger partial charge is 0.493 e. The van der Waals surface area contributed by atoms with Crippen LogP contribution in [0.3, 0.4) is 0 Å². The molecular formula is C28H32F3N5O2. The fourth-order valence-corrected chi connectivity index (χ4v) is 5.72. The van der Waals surface area contributed by atoms with Gasteiger partial charge in [-0.25, -0.2) is 0 Å². The number of hydrogen-bond donors (Lipinski definition) is 0. The number of nitrogens with zero attached hydrogens (tertiary/aromatic N) is 5. The Morgan fingerprint density at radius 3 is 2.58 bits per heavy atom. The zero-order chi connectivity index (χ0) is 27.0. The third kappa shape index (κ3) is 5.14. The molecule has 0 radical (unpaired) electrons. The monoisotopic (exact) mass is 527 g/mol. The molecule has 1 aromatic carbocycles. The molecule has 0 aliphatic carbocycles. The summed E-state index contributed by atoms with van der Waals surface area (Å²) in [6.45, 7) is 9.12. The lowest BCUT2D eigenvalue weighted by molar-refractivity contribution is -0.141. The number of aromatic nitrogens is 3. The predicted molar refractivity (Wildman–Crippen MR) is 136 cm³/mol. The maximum atomic E-state index is 13.0. The number of aryl methyl sites for hydroxylation is 1. The number of carbonyl (C=O) groups excluding carboxylic acids is 1. The van der Waals surface area contributed by atoms with Crippen molar-refractivity contribution in [3.63, 3.8) is 0 Å². The van der Waals surface area contributed by atoms with Crippen LogP contribution in [0.4, 0.5) is 13.2 Å². The van der Waals surface area contributed by atoms with E-state index in [-0.39, 0.29) is 29.6 Å². The summed E-state index contributed by atoms with van der Waals surface area (Å²) in [5.41, 5.74) is 2.77. The molecule has 0 saturated carbocycles. The normalized spacial score (nSPS) is 20.2. The van der Waals surface area contributed by atoms with E-state index in [0.717, 1.165) is 49.5 Å². The van der Waals surface area contributed by atoms with Crippen LogP contribution in [0.15, 0.2) is 48.9 Å². The van der Waals surface area contributed by atoms with Gasteiger partial charge in [-0.15, -0.1) is 0 Å². The van der Waals surface area contributed by atoms with Crippen LogP contribution < -0.4 is 4.74 Å². The van der Waals surface area contributed by atoms with E-state index in [4.69, 9.17) is 4.74 Å². The first-order valence-corrected chi connectivity index (χ1v) is 12.9. The number of benzene rings is 1. The molecule has 2 aliphatic rings. The Bertz CT molecular complexity index is 1280. The quantitative estimate of drug-likeness (QED) is 0.384. The Morgan fingerprint density at radius 1 is 1.13 bits per heavy atom. The Hall–Kier alpha value is -3.40. The maximum Gasteiger partial charge on any atom is 0.433 e. The summed E-state index contributed by atoms with van der Waals surface area (Å²) in [5, 5.41) is 4.21. The molecule has 3 atom stereocenters. The molecule has 5 rings (SSSR count). The highest BCUT2D eigenvalue weighted by Crippen LogP contribution is 2.39. The summed E-state index contributed by atoms with van der Waals surface area (Å²) in [6, 6.07) is 8.60. The van der Waals surface area contributed by atoms with E-state index >= 15 is 0 Å². The second kappa shape index (κ2) is 10.4. The minimum Gasteiger partial charge on any atom is -0.493 e. The first-order valence-electron chi connectivity index (χ1n) is 12.9. The molecule has 2 bridgehead atoms. The Balaban J connectivity index is 1.19. The van der Waals surface area contributed by atoms with Crippen molar-refractivity contribution in [2.45, 2.75) is 64.5 Å². The van der Waals surface area contributed by atoms with Gasteiger partial charge in [0, 0.05) is 62.8 Å². The van der Waals surface area contributed by atoms with Gasteiger partial charge in [0.2, 0.25) is 0 Å². The summed E-state index contributed by atoms with van der Waals surface area (Å²) in [7, 11) is 0. The highest BCUT2D eigenvalue weighted by atomic mass is 19.4. The summed E-state index contributed by atoms with van der Waals surface area (Å²) >= 11 is 0.